The van der Waals surface area contributed by atoms with Crippen LogP contribution >= 0.6 is 0 Å². The van der Waals surface area contributed by atoms with Crippen molar-refractivity contribution in [1.29, 1.82) is 0 Å². The van der Waals surface area contributed by atoms with Crippen LogP contribution in [-0.4, -0.2) is 23.8 Å². The maximum absolute atomic E-state index is 13.3. The summed E-state index contributed by atoms with van der Waals surface area (Å²) in [7, 11) is 0. The number of alkyl halides is 6. The zero-order valence-corrected chi connectivity index (χ0v) is 22.1. The number of halogens is 6. The van der Waals surface area contributed by atoms with Crippen molar-refractivity contribution in [3.05, 3.63) is 94.0 Å². The highest BCUT2D eigenvalue weighted by Crippen LogP contribution is 2.41. The van der Waals surface area contributed by atoms with Gasteiger partial charge in [-0.05, 0) is 96.9 Å². The molecule has 1 aliphatic heterocycles. The van der Waals surface area contributed by atoms with Gasteiger partial charge in [0, 0.05) is 12.0 Å². The lowest BCUT2D eigenvalue weighted by Gasteiger charge is -2.38. The molecule has 208 valence electrons. The minimum Gasteiger partial charge on any atom is -0.294 e. The first-order valence-corrected chi connectivity index (χ1v) is 13.1. The zero-order chi connectivity index (χ0) is 28.5. The van der Waals surface area contributed by atoms with Crippen LogP contribution in [0.2, 0.25) is 0 Å². The molecule has 1 atom stereocenters. The van der Waals surface area contributed by atoms with Gasteiger partial charge in [-0.2, -0.15) is 26.3 Å². The Morgan fingerprint density at radius 2 is 1.38 bits per heavy atom. The first kappa shape index (κ1) is 28.9. The number of hydrogen-bond acceptors (Lipinski definition) is 2. The van der Waals surface area contributed by atoms with E-state index in [4.69, 9.17) is 0 Å². The largest absolute Gasteiger partial charge is 0.416 e. The van der Waals surface area contributed by atoms with Crippen molar-refractivity contribution in [2.45, 2.75) is 58.4 Å². The molecule has 1 unspecified atom stereocenters. The molecule has 1 heterocycles. The number of carbonyl (C=O) groups is 1. The van der Waals surface area contributed by atoms with Crippen LogP contribution in [0.5, 0.6) is 0 Å². The molecule has 0 aromatic heterocycles. The molecule has 3 aromatic rings. The van der Waals surface area contributed by atoms with Crippen molar-refractivity contribution in [3.63, 3.8) is 0 Å². The van der Waals surface area contributed by atoms with Gasteiger partial charge in [-0.15, -0.1) is 0 Å². The second-order valence-corrected chi connectivity index (χ2v) is 10.3. The third-order valence-corrected chi connectivity index (χ3v) is 7.57. The van der Waals surface area contributed by atoms with E-state index in [0.29, 0.717) is 41.3 Å². The average Bonchev–Trinajstić information content (AvgIpc) is 2.89. The standard InChI is InChI=1S/C31H31F6NO/c1-4-28(39)25-18-26(21-5-9-23(10-6-21)30(32,33)34)27(17-20(25)3)29(38-15-13-19(2)14-16-38)22-7-11-24(12-8-22)31(35,36)37/h5-12,17-19,29H,4,13-16H2,1-3H3. The van der Waals surface area contributed by atoms with Crippen LogP contribution in [0.1, 0.15) is 77.3 Å². The smallest absolute Gasteiger partial charge is 0.294 e. The van der Waals surface area contributed by atoms with E-state index in [2.05, 4.69) is 11.8 Å². The van der Waals surface area contributed by atoms with Gasteiger partial charge in [0.15, 0.2) is 5.78 Å². The van der Waals surface area contributed by atoms with E-state index >= 15 is 0 Å². The third kappa shape index (κ3) is 6.38. The SMILES string of the molecule is CCC(=O)c1cc(-c2ccc(C(F)(F)F)cc2)c(C(c2ccc(C(F)(F)F)cc2)N2CCC(C)CC2)cc1C. The molecule has 0 N–H and O–H groups in total. The normalized spacial score (nSPS) is 16.3. The van der Waals surface area contributed by atoms with E-state index in [0.717, 1.165) is 48.2 Å². The summed E-state index contributed by atoms with van der Waals surface area (Å²) >= 11 is 0. The van der Waals surface area contributed by atoms with Gasteiger partial charge < -0.3 is 0 Å². The molecule has 0 amide bonds. The summed E-state index contributed by atoms with van der Waals surface area (Å²) in [6.07, 6.45) is -6.88. The molecule has 0 spiro atoms. The van der Waals surface area contributed by atoms with Gasteiger partial charge >= 0.3 is 12.4 Å². The number of nitrogens with zero attached hydrogens (tertiary/aromatic N) is 1. The van der Waals surface area contributed by atoms with E-state index in [1.165, 1.54) is 24.3 Å². The number of rotatable bonds is 6. The molecule has 0 aliphatic carbocycles. The van der Waals surface area contributed by atoms with Crippen LogP contribution in [0.15, 0.2) is 60.7 Å². The molecular weight excluding hydrogens is 516 g/mol. The molecule has 1 fully saturated rings. The van der Waals surface area contributed by atoms with Crippen LogP contribution in [0.3, 0.4) is 0 Å². The topological polar surface area (TPSA) is 20.3 Å². The van der Waals surface area contributed by atoms with Gasteiger partial charge in [0.05, 0.1) is 17.2 Å². The minimum absolute atomic E-state index is 0.0925. The Balaban J connectivity index is 1.92. The van der Waals surface area contributed by atoms with Crippen LogP contribution in [0.4, 0.5) is 26.3 Å². The highest BCUT2D eigenvalue weighted by Gasteiger charge is 2.33. The highest BCUT2D eigenvalue weighted by atomic mass is 19.4. The van der Waals surface area contributed by atoms with Crippen molar-refractivity contribution in [1.82, 2.24) is 4.90 Å². The van der Waals surface area contributed by atoms with Crippen molar-refractivity contribution in [3.8, 4) is 11.1 Å². The maximum atomic E-state index is 13.3. The molecule has 4 rings (SSSR count). The molecule has 0 saturated carbocycles. The van der Waals surface area contributed by atoms with Crippen LogP contribution in [-0.2, 0) is 12.4 Å². The van der Waals surface area contributed by atoms with E-state index in [9.17, 15) is 31.1 Å². The van der Waals surface area contributed by atoms with Crippen LogP contribution < -0.4 is 0 Å². The predicted molar refractivity (Wildman–Crippen MR) is 139 cm³/mol. The van der Waals surface area contributed by atoms with Gasteiger partial charge in [-0.1, -0.05) is 44.2 Å². The fourth-order valence-electron chi connectivity index (χ4n) is 5.26. The minimum atomic E-state index is -4.49. The number of ketones is 1. The van der Waals surface area contributed by atoms with E-state index in [1.54, 1.807) is 13.0 Å². The fraction of sp³-hybridized carbons (Fsp3) is 0.387. The number of benzene rings is 3. The number of carbonyl (C=O) groups excluding carboxylic acids is 1. The monoisotopic (exact) mass is 547 g/mol. The molecule has 8 heteroatoms. The summed E-state index contributed by atoms with van der Waals surface area (Å²) in [5.41, 5.74) is 2.16. The Hall–Kier alpha value is -3.13. The van der Waals surface area contributed by atoms with Gasteiger partial charge in [-0.25, -0.2) is 0 Å². The van der Waals surface area contributed by atoms with E-state index < -0.39 is 29.5 Å². The number of Topliss-reactive ketones (excluding diaryl/α,β-unsaturated/α-hetero) is 1. The summed E-state index contributed by atoms with van der Waals surface area (Å²) in [5.74, 6) is 0.417. The molecule has 0 bridgehead atoms. The number of hydrogen-bond donors (Lipinski definition) is 0. The first-order valence-electron chi connectivity index (χ1n) is 13.1. The quantitative estimate of drug-likeness (QED) is 0.227. The van der Waals surface area contributed by atoms with Gasteiger partial charge in [0.25, 0.3) is 0 Å². The first-order chi connectivity index (χ1) is 18.3. The molecule has 39 heavy (non-hydrogen) atoms. The summed E-state index contributed by atoms with van der Waals surface area (Å²) in [6.45, 7) is 7.15. The predicted octanol–water partition coefficient (Wildman–Crippen LogP) is 9.11. The second-order valence-electron chi connectivity index (χ2n) is 10.3. The lowest BCUT2D eigenvalue weighted by Crippen LogP contribution is -2.37. The number of piperidine rings is 1. The van der Waals surface area contributed by atoms with E-state index in [-0.39, 0.29) is 12.2 Å². The van der Waals surface area contributed by atoms with Crippen molar-refractivity contribution < 1.29 is 31.1 Å². The van der Waals surface area contributed by atoms with Crippen molar-refractivity contribution in [2.75, 3.05) is 13.1 Å². The zero-order valence-electron chi connectivity index (χ0n) is 22.1. The van der Waals surface area contributed by atoms with Crippen molar-refractivity contribution in [2.24, 2.45) is 5.92 Å². The van der Waals surface area contributed by atoms with Crippen molar-refractivity contribution >= 4 is 5.78 Å². The summed E-state index contributed by atoms with van der Waals surface area (Å²) in [6, 6.07) is 13.0. The maximum Gasteiger partial charge on any atom is 0.416 e. The van der Waals surface area contributed by atoms with Gasteiger partial charge in [0.1, 0.15) is 0 Å². The molecule has 2 nitrogen and oxygen atoms in total. The molecule has 3 aromatic carbocycles. The second kappa shape index (κ2) is 11.2. The number of likely N-dealkylation sites (tertiary alicyclic amines) is 1. The lowest BCUT2D eigenvalue weighted by molar-refractivity contribution is -0.138. The lowest BCUT2D eigenvalue weighted by atomic mass is 9.84. The summed E-state index contributed by atoms with van der Waals surface area (Å²) < 4.78 is 79.8. The fourth-order valence-corrected chi connectivity index (χ4v) is 5.26. The van der Waals surface area contributed by atoms with Gasteiger partial charge in [-0.3, -0.25) is 9.69 Å². The number of aryl methyl sites for hydroxylation is 1. The van der Waals surface area contributed by atoms with E-state index in [1.807, 2.05) is 13.0 Å². The third-order valence-electron chi connectivity index (χ3n) is 7.57. The summed E-state index contributed by atoms with van der Waals surface area (Å²) in [5, 5.41) is 0. The summed E-state index contributed by atoms with van der Waals surface area (Å²) in [4.78, 5) is 15.0. The Bertz CT molecular complexity index is 1300. The van der Waals surface area contributed by atoms with Crippen LogP contribution in [0, 0.1) is 12.8 Å². The Labute approximate surface area is 224 Å². The molecule has 0 radical (unpaired) electrons. The van der Waals surface area contributed by atoms with Gasteiger partial charge in [0.2, 0.25) is 0 Å². The average molecular weight is 548 g/mol. The Morgan fingerprint density at radius 1 is 0.872 bits per heavy atom. The Morgan fingerprint density at radius 3 is 1.87 bits per heavy atom. The Kier molecular flexibility index (Phi) is 8.26. The van der Waals surface area contributed by atoms with Crippen LogP contribution in [0.25, 0.3) is 11.1 Å². The molecule has 1 saturated heterocycles. The molecular formula is C31H31F6NO. The molecule has 1 aliphatic rings. The highest BCUT2D eigenvalue weighted by molar-refractivity contribution is 5.98.